The molecule has 2 unspecified atom stereocenters. The van der Waals surface area contributed by atoms with Gasteiger partial charge in [-0.05, 0) is 23.8 Å². The van der Waals surface area contributed by atoms with Gasteiger partial charge in [0.1, 0.15) is 24.3 Å². The first kappa shape index (κ1) is 14.5. The SMILES string of the molecule is O=C(Cc1ccc(F)cc1)NC1COc2ccccc2C1O. The lowest BCUT2D eigenvalue weighted by Crippen LogP contribution is -2.46. The van der Waals surface area contributed by atoms with E-state index in [1.807, 2.05) is 12.1 Å². The Morgan fingerprint density at radius 2 is 1.95 bits per heavy atom. The Morgan fingerprint density at radius 3 is 2.73 bits per heavy atom. The van der Waals surface area contributed by atoms with Crippen molar-refractivity contribution in [1.82, 2.24) is 5.32 Å². The summed E-state index contributed by atoms with van der Waals surface area (Å²) in [4.78, 5) is 12.1. The molecule has 0 fully saturated rings. The van der Waals surface area contributed by atoms with Crippen molar-refractivity contribution < 1.29 is 19.0 Å². The molecule has 1 amide bonds. The average Bonchev–Trinajstić information content (AvgIpc) is 2.53. The van der Waals surface area contributed by atoms with E-state index >= 15 is 0 Å². The Morgan fingerprint density at radius 1 is 1.23 bits per heavy atom. The first-order chi connectivity index (χ1) is 10.6. The highest BCUT2D eigenvalue weighted by atomic mass is 19.1. The Hall–Kier alpha value is -2.40. The zero-order valence-electron chi connectivity index (χ0n) is 11.8. The maximum absolute atomic E-state index is 12.8. The molecule has 0 bridgehead atoms. The van der Waals surface area contributed by atoms with E-state index in [9.17, 15) is 14.3 Å². The fourth-order valence-corrected chi connectivity index (χ4v) is 2.51. The molecule has 0 saturated heterocycles. The van der Waals surface area contributed by atoms with Gasteiger partial charge in [-0.2, -0.15) is 0 Å². The number of para-hydroxylation sites is 1. The molecular formula is C17H16FNO3. The van der Waals surface area contributed by atoms with Crippen LogP contribution in [-0.2, 0) is 11.2 Å². The van der Waals surface area contributed by atoms with Gasteiger partial charge in [0.15, 0.2) is 0 Å². The monoisotopic (exact) mass is 301 g/mol. The quantitative estimate of drug-likeness (QED) is 0.911. The summed E-state index contributed by atoms with van der Waals surface area (Å²) >= 11 is 0. The van der Waals surface area contributed by atoms with Gasteiger partial charge < -0.3 is 15.2 Å². The minimum absolute atomic E-state index is 0.130. The van der Waals surface area contributed by atoms with E-state index in [1.165, 1.54) is 12.1 Å². The number of aliphatic hydroxyl groups excluding tert-OH is 1. The predicted octanol–water partition coefficient (Wildman–Crippen LogP) is 1.98. The lowest BCUT2D eigenvalue weighted by Gasteiger charge is -2.30. The fraction of sp³-hybridized carbons (Fsp3) is 0.235. The second-order valence-corrected chi connectivity index (χ2v) is 5.27. The molecule has 0 aliphatic carbocycles. The molecule has 2 aromatic carbocycles. The normalized spacial score (nSPS) is 19.9. The number of carbonyl (C=O) groups excluding carboxylic acids is 1. The number of amides is 1. The Bertz CT molecular complexity index is 672. The highest BCUT2D eigenvalue weighted by Crippen LogP contribution is 2.31. The largest absolute Gasteiger partial charge is 0.491 e. The van der Waals surface area contributed by atoms with Crippen molar-refractivity contribution in [3.05, 3.63) is 65.5 Å². The van der Waals surface area contributed by atoms with Crippen molar-refractivity contribution in [2.45, 2.75) is 18.6 Å². The Balaban J connectivity index is 1.64. The second-order valence-electron chi connectivity index (χ2n) is 5.27. The van der Waals surface area contributed by atoms with Crippen LogP contribution >= 0.6 is 0 Å². The van der Waals surface area contributed by atoms with E-state index in [2.05, 4.69) is 5.32 Å². The van der Waals surface area contributed by atoms with Crippen LogP contribution in [0.3, 0.4) is 0 Å². The molecule has 1 aliphatic rings. The molecule has 0 aromatic heterocycles. The highest BCUT2D eigenvalue weighted by molar-refractivity contribution is 5.79. The average molecular weight is 301 g/mol. The molecule has 114 valence electrons. The van der Waals surface area contributed by atoms with Crippen molar-refractivity contribution in [3.8, 4) is 5.75 Å². The van der Waals surface area contributed by atoms with Crippen LogP contribution in [0.5, 0.6) is 5.75 Å². The maximum Gasteiger partial charge on any atom is 0.224 e. The third-order valence-corrected chi connectivity index (χ3v) is 3.66. The summed E-state index contributed by atoms with van der Waals surface area (Å²) in [6, 6.07) is 12.5. The molecule has 22 heavy (non-hydrogen) atoms. The van der Waals surface area contributed by atoms with Crippen molar-refractivity contribution in [2.24, 2.45) is 0 Å². The summed E-state index contributed by atoms with van der Waals surface area (Å²) in [7, 11) is 0. The van der Waals surface area contributed by atoms with Gasteiger partial charge in [-0.15, -0.1) is 0 Å². The van der Waals surface area contributed by atoms with E-state index in [4.69, 9.17) is 4.74 Å². The topological polar surface area (TPSA) is 58.6 Å². The zero-order chi connectivity index (χ0) is 15.5. The third-order valence-electron chi connectivity index (χ3n) is 3.66. The first-order valence-electron chi connectivity index (χ1n) is 7.07. The lowest BCUT2D eigenvalue weighted by atomic mass is 9.99. The molecule has 2 N–H and O–H groups in total. The van der Waals surface area contributed by atoms with Gasteiger partial charge in [0.2, 0.25) is 5.91 Å². The summed E-state index contributed by atoms with van der Waals surface area (Å²) in [6.07, 6.45) is -0.673. The van der Waals surface area contributed by atoms with Gasteiger partial charge in [0, 0.05) is 5.56 Å². The summed E-state index contributed by atoms with van der Waals surface area (Å²) in [5.41, 5.74) is 1.38. The minimum atomic E-state index is -0.804. The molecule has 2 atom stereocenters. The van der Waals surface area contributed by atoms with Crippen molar-refractivity contribution in [3.63, 3.8) is 0 Å². The number of benzene rings is 2. The smallest absolute Gasteiger partial charge is 0.224 e. The molecule has 1 heterocycles. The number of hydrogen-bond donors (Lipinski definition) is 2. The Kier molecular flexibility index (Phi) is 4.06. The van der Waals surface area contributed by atoms with Gasteiger partial charge in [-0.25, -0.2) is 4.39 Å². The predicted molar refractivity (Wildman–Crippen MR) is 78.9 cm³/mol. The van der Waals surface area contributed by atoms with Crippen LogP contribution < -0.4 is 10.1 Å². The molecule has 5 heteroatoms. The molecule has 1 aliphatic heterocycles. The van der Waals surface area contributed by atoms with Gasteiger partial charge >= 0.3 is 0 Å². The second kappa shape index (κ2) is 6.15. The number of fused-ring (bicyclic) bond motifs is 1. The first-order valence-corrected chi connectivity index (χ1v) is 7.07. The third kappa shape index (κ3) is 3.09. The van der Waals surface area contributed by atoms with Crippen LogP contribution in [0.15, 0.2) is 48.5 Å². The molecule has 0 spiro atoms. The van der Waals surface area contributed by atoms with Gasteiger partial charge in [0.05, 0.1) is 12.5 Å². The molecule has 0 saturated carbocycles. The van der Waals surface area contributed by atoms with Gasteiger partial charge in [-0.1, -0.05) is 30.3 Å². The van der Waals surface area contributed by atoms with Crippen LogP contribution in [0.4, 0.5) is 4.39 Å². The van der Waals surface area contributed by atoms with Crippen LogP contribution in [0.1, 0.15) is 17.2 Å². The van der Waals surface area contributed by atoms with Gasteiger partial charge in [0.25, 0.3) is 0 Å². The van der Waals surface area contributed by atoms with E-state index < -0.39 is 12.1 Å². The number of carbonyl (C=O) groups is 1. The van der Waals surface area contributed by atoms with Crippen molar-refractivity contribution in [1.29, 1.82) is 0 Å². The zero-order valence-corrected chi connectivity index (χ0v) is 11.8. The van der Waals surface area contributed by atoms with E-state index in [0.29, 0.717) is 16.9 Å². The standard InChI is InChI=1S/C17H16FNO3/c18-12-7-5-11(6-8-12)9-16(20)19-14-10-22-15-4-2-1-3-13(15)17(14)21/h1-8,14,17,21H,9-10H2,(H,19,20). The molecular weight excluding hydrogens is 285 g/mol. The van der Waals surface area contributed by atoms with Gasteiger partial charge in [-0.3, -0.25) is 4.79 Å². The molecule has 4 nitrogen and oxygen atoms in total. The molecule has 3 rings (SSSR count). The van der Waals surface area contributed by atoms with E-state index in [0.717, 1.165) is 0 Å². The van der Waals surface area contributed by atoms with E-state index in [1.54, 1.807) is 24.3 Å². The number of aliphatic hydroxyl groups is 1. The summed E-state index contributed by atoms with van der Waals surface area (Å²) < 4.78 is 18.4. The van der Waals surface area contributed by atoms with Crippen molar-refractivity contribution in [2.75, 3.05) is 6.61 Å². The maximum atomic E-state index is 12.8. The van der Waals surface area contributed by atoms with Crippen molar-refractivity contribution >= 4 is 5.91 Å². The number of halogens is 1. The number of ether oxygens (including phenoxy) is 1. The number of rotatable bonds is 3. The number of hydrogen-bond acceptors (Lipinski definition) is 3. The summed E-state index contributed by atoms with van der Waals surface area (Å²) in [6.45, 7) is 0.216. The lowest BCUT2D eigenvalue weighted by molar-refractivity contribution is -0.122. The fourth-order valence-electron chi connectivity index (χ4n) is 2.51. The van der Waals surface area contributed by atoms with E-state index in [-0.39, 0.29) is 24.8 Å². The van der Waals surface area contributed by atoms with Crippen LogP contribution in [-0.4, -0.2) is 23.7 Å². The van der Waals surface area contributed by atoms with Crippen LogP contribution in [0, 0.1) is 5.82 Å². The minimum Gasteiger partial charge on any atom is -0.491 e. The van der Waals surface area contributed by atoms with Crippen LogP contribution in [0.2, 0.25) is 0 Å². The molecule has 0 radical (unpaired) electrons. The summed E-state index contributed by atoms with van der Waals surface area (Å²) in [5.74, 6) is 0.0644. The Labute approximate surface area is 127 Å². The number of nitrogens with one attached hydrogen (secondary N) is 1. The molecule has 2 aromatic rings. The highest BCUT2D eigenvalue weighted by Gasteiger charge is 2.30. The van der Waals surface area contributed by atoms with Crippen LogP contribution in [0.25, 0.3) is 0 Å². The summed E-state index contributed by atoms with van der Waals surface area (Å²) in [5, 5.41) is 13.1.